The molecule has 0 aliphatic carbocycles. The van der Waals surface area contributed by atoms with Crippen LogP contribution in [0.15, 0.2) is 6.07 Å². The van der Waals surface area contributed by atoms with Crippen LogP contribution in [0.25, 0.3) is 0 Å². The standard InChI is InChI=1S/C9H13N3O.C8H18/c1-2-6-5-7-8(13)3-4-10-9(7)12-11-6;1-3-5-7-8-6-4-2/h5,8,13H,2-4H2,1H3,(H,10,12);3-8H2,1-2H3. The summed E-state index contributed by atoms with van der Waals surface area (Å²) in [6.07, 6.45) is 9.72. The van der Waals surface area contributed by atoms with E-state index in [1.165, 1.54) is 38.5 Å². The zero-order valence-corrected chi connectivity index (χ0v) is 13.9. The highest BCUT2D eigenvalue weighted by molar-refractivity contribution is 5.47. The van der Waals surface area contributed by atoms with Gasteiger partial charge in [-0.05, 0) is 18.9 Å². The molecule has 0 saturated carbocycles. The Morgan fingerprint density at radius 1 is 1.10 bits per heavy atom. The predicted octanol–water partition coefficient (Wildman–Crippen LogP) is 4.25. The van der Waals surface area contributed by atoms with Crippen LogP contribution in [0.5, 0.6) is 0 Å². The third kappa shape index (κ3) is 6.42. The Kier molecular flexibility index (Phi) is 8.99. The lowest BCUT2D eigenvalue weighted by molar-refractivity contribution is 0.167. The van der Waals surface area contributed by atoms with E-state index in [1.807, 2.05) is 13.0 Å². The SMILES string of the molecule is CCCCCCCC.CCc1cc2c(nn1)NCCC2O. The van der Waals surface area contributed by atoms with Gasteiger partial charge in [-0.1, -0.05) is 59.3 Å². The van der Waals surface area contributed by atoms with Crippen molar-refractivity contribution in [3.8, 4) is 0 Å². The second-order valence-electron chi connectivity index (χ2n) is 5.64. The van der Waals surface area contributed by atoms with Gasteiger partial charge in [0.05, 0.1) is 11.8 Å². The summed E-state index contributed by atoms with van der Waals surface area (Å²) in [7, 11) is 0. The average molecular weight is 293 g/mol. The Morgan fingerprint density at radius 3 is 2.33 bits per heavy atom. The molecule has 1 atom stereocenters. The molecule has 0 fully saturated rings. The second kappa shape index (κ2) is 10.6. The van der Waals surface area contributed by atoms with Crippen molar-refractivity contribution in [2.75, 3.05) is 11.9 Å². The molecule has 120 valence electrons. The topological polar surface area (TPSA) is 58.0 Å². The minimum Gasteiger partial charge on any atom is -0.388 e. The van der Waals surface area contributed by atoms with Crippen molar-refractivity contribution in [1.82, 2.24) is 10.2 Å². The van der Waals surface area contributed by atoms with E-state index >= 15 is 0 Å². The summed E-state index contributed by atoms with van der Waals surface area (Å²) in [4.78, 5) is 0. The van der Waals surface area contributed by atoms with Gasteiger partial charge in [-0.3, -0.25) is 0 Å². The molecular formula is C17H31N3O. The summed E-state index contributed by atoms with van der Waals surface area (Å²) in [5.74, 6) is 0.732. The maximum absolute atomic E-state index is 9.67. The van der Waals surface area contributed by atoms with Crippen molar-refractivity contribution in [2.45, 2.75) is 78.2 Å². The lowest BCUT2D eigenvalue weighted by atomic mass is 10.0. The van der Waals surface area contributed by atoms with Crippen LogP contribution in [0, 0.1) is 0 Å². The first-order valence-electron chi connectivity index (χ1n) is 8.51. The molecule has 21 heavy (non-hydrogen) atoms. The summed E-state index contributed by atoms with van der Waals surface area (Å²) < 4.78 is 0. The molecule has 0 bridgehead atoms. The number of nitrogens with zero attached hydrogens (tertiary/aromatic N) is 2. The van der Waals surface area contributed by atoms with E-state index in [9.17, 15) is 5.11 Å². The molecule has 0 spiro atoms. The van der Waals surface area contributed by atoms with Crippen LogP contribution in [-0.2, 0) is 6.42 Å². The second-order valence-corrected chi connectivity index (χ2v) is 5.64. The quantitative estimate of drug-likeness (QED) is 0.770. The van der Waals surface area contributed by atoms with E-state index in [0.29, 0.717) is 0 Å². The van der Waals surface area contributed by atoms with Crippen molar-refractivity contribution in [3.05, 3.63) is 17.3 Å². The predicted molar refractivity (Wildman–Crippen MR) is 88.5 cm³/mol. The van der Waals surface area contributed by atoms with Gasteiger partial charge in [-0.2, -0.15) is 5.10 Å². The maximum Gasteiger partial charge on any atom is 0.154 e. The number of hydrogen-bond acceptors (Lipinski definition) is 4. The first-order valence-corrected chi connectivity index (χ1v) is 8.51. The molecule has 0 saturated heterocycles. The van der Waals surface area contributed by atoms with Crippen molar-refractivity contribution in [3.63, 3.8) is 0 Å². The van der Waals surface area contributed by atoms with Crippen molar-refractivity contribution in [2.24, 2.45) is 0 Å². The molecule has 0 amide bonds. The van der Waals surface area contributed by atoms with Gasteiger partial charge in [0.2, 0.25) is 0 Å². The maximum atomic E-state index is 9.67. The van der Waals surface area contributed by atoms with Gasteiger partial charge < -0.3 is 10.4 Å². The van der Waals surface area contributed by atoms with Crippen LogP contribution in [0.1, 0.15) is 83.1 Å². The number of nitrogens with one attached hydrogen (secondary N) is 1. The number of aromatic nitrogens is 2. The van der Waals surface area contributed by atoms with Crippen molar-refractivity contribution >= 4 is 5.82 Å². The molecule has 1 aromatic rings. The van der Waals surface area contributed by atoms with Gasteiger partial charge in [0, 0.05) is 12.1 Å². The number of aliphatic hydroxyl groups is 1. The number of aryl methyl sites for hydroxylation is 1. The first-order chi connectivity index (χ1) is 10.2. The van der Waals surface area contributed by atoms with E-state index < -0.39 is 0 Å². The number of rotatable bonds is 6. The van der Waals surface area contributed by atoms with Gasteiger partial charge in [0.25, 0.3) is 0 Å². The fraction of sp³-hybridized carbons (Fsp3) is 0.765. The number of hydrogen-bond donors (Lipinski definition) is 2. The van der Waals surface area contributed by atoms with Crippen LogP contribution in [0.3, 0.4) is 0 Å². The number of unbranched alkanes of at least 4 members (excludes halogenated alkanes) is 5. The number of anilines is 1. The lowest BCUT2D eigenvalue weighted by Gasteiger charge is -2.21. The van der Waals surface area contributed by atoms with E-state index in [1.54, 1.807) is 0 Å². The van der Waals surface area contributed by atoms with Crippen molar-refractivity contribution < 1.29 is 5.11 Å². The highest BCUT2D eigenvalue weighted by Gasteiger charge is 2.19. The highest BCUT2D eigenvalue weighted by atomic mass is 16.3. The molecule has 4 heteroatoms. The minimum atomic E-state index is -0.378. The number of aliphatic hydroxyl groups excluding tert-OH is 1. The Labute approximate surface area is 129 Å². The molecule has 1 unspecified atom stereocenters. The smallest absolute Gasteiger partial charge is 0.154 e. The third-order valence-corrected chi connectivity index (χ3v) is 3.76. The van der Waals surface area contributed by atoms with E-state index in [4.69, 9.17) is 0 Å². The molecule has 1 aliphatic heterocycles. The fourth-order valence-corrected chi connectivity index (χ4v) is 2.35. The summed E-state index contributed by atoms with van der Waals surface area (Å²) in [6.45, 7) is 7.31. The Morgan fingerprint density at radius 2 is 1.76 bits per heavy atom. The van der Waals surface area contributed by atoms with Gasteiger partial charge in [-0.25, -0.2) is 0 Å². The van der Waals surface area contributed by atoms with Gasteiger partial charge in [-0.15, -0.1) is 5.10 Å². The largest absolute Gasteiger partial charge is 0.388 e. The molecule has 1 aromatic heterocycles. The van der Waals surface area contributed by atoms with E-state index in [0.717, 1.165) is 36.5 Å². The molecule has 2 heterocycles. The molecule has 1 aliphatic rings. The zero-order valence-electron chi connectivity index (χ0n) is 13.9. The van der Waals surface area contributed by atoms with Crippen LogP contribution in [0.2, 0.25) is 0 Å². The zero-order chi connectivity index (χ0) is 15.5. The van der Waals surface area contributed by atoms with E-state index in [2.05, 4.69) is 29.4 Å². The van der Waals surface area contributed by atoms with Crippen molar-refractivity contribution in [1.29, 1.82) is 0 Å². The van der Waals surface area contributed by atoms with Gasteiger partial charge in [0.15, 0.2) is 5.82 Å². The van der Waals surface area contributed by atoms with Crippen LogP contribution in [0.4, 0.5) is 5.82 Å². The summed E-state index contributed by atoms with van der Waals surface area (Å²) >= 11 is 0. The Hall–Kier alpha value is -1.16. The summed E-state index contributed by atoms with van der Waals surface area (Å²) in [5.41, 5.74) is 1.82. The van der Waals surface area contributed by atoms with Gasteiger partial charge >= 0.3 is 0 Å². The summed E-state index contributed by atoms with van der Waals surface area (Å²) in [5, 5.41) is 20.8. The molecule has 2 N–H and O–H groups in total. The molecule has 0 radical (unpaired) electrons. The van der Waals surface area contributed by atoms with E-state index in [-0.39, 0.29) is 6.10 Å². The Balaban J connectivity index is 0.000000240. The third-order valence-electron chi connectivity index (χ3n) is 3.76. The van der Waals surface area contributed by atoms with Crippen LogP contribution in [-0.4, -0.2) is 21.8 Å². The van der Waals surface area contributed by atoms with Crippen LogP contribution >= 0.6 is 0 Å². The lowest BCUT2D eigenvalue weighted by Crippen LogP contribution is -2.18. The molecular weight excluding hydrogens is 262 g/mol. The first kappa shape index (κ1) is 17.9. The monoisotopic (exact) mass is 293 g/mol. The Bertz CT molecular complexity index is 390. The molecule has 2 rings (SSSR count). The molecule has 0 aromatic carbocycles. The number of fused-ring (bicyclic) bond motifs is 1. The fourth-order valence-electron chi connectivity index (χ4n) is 2.35. The minimum absolute atomic E-state index is 0.378. The van der Waals surface area contributed by atoms with Crippen LogP contribution < -0.4 is 5.32 Å². The summed E-state index contributed by atoms with van der Waals surface area (Å²) in [6, 6.07) is 1.93. The average Bonchev–Trinajstić information content (AvgIpc) is 2.52. The van der Waals surface area contributed by atoms with Gasteiger partial charge in [0.1, 0.15) is 0 Å². The molecule has 4 nitrogen and oxygen atoms in total. The highest BCUT2D eigenvalue weighted by Crippen LogP contribution is 2.27. The normalized spacial score (nSPS) is 16.5.